The van der Waals surface area contributed by atoms with E-state index in [9.17, 15) is 9.59 Å². The quantitative estimate of drug-likeness (QED) is 0.509. The Labute approximate surface area is 192 Å². The molecule has 1 amide bonds. The van der Waals surface area contributed by atoms with Crippen LogP contribution in [0.4, 0.5) is 5.69 Å². The van der Waals surface area contributed by atoms with Gasteiger partial charge in [-0.1, -0.05) is 35.9 Å². The third-order valence-corrected chi connectivity index (χ3v) is 9.50. The van der Waals surface area contributed by atoms with Crippen molar-refractivity contribution in [2.45, 2.75) is 31.7 Å². The van der Waals surface area contributed by atoms with E-state index < -0.39 is 25.9 Å². The van der Waals surface area contributed by atoms with E-state index in [2.05, 4.69) is 18.4 Å². The molecular weight excluding hydrogens is 450 g/mol. The first-order valence-corrected chi connectivity index (χ1v) is 13.8. The lowest BCUT2D eigenvalue weighted by molar-refractivity contribution is -0.134. The van der Waals surface area contributed by atoms with Gasteiger partial charge in [-0.2, -0.15) is 0 Å². The first-order chi connectivity index (χ1) is 15.2. The molecule has 0 aromatic heterocycles. The largest absolute Gasteiger partial charge is 0.494 e. The number of hydrogen-bond acceptors (Lipinski definition) is 6. The number of para-hydroxylation sites is 1. The Balaban J connectivity index is 1.50. The maximum absolute atomic E-state index is 12.8. The summed E-state index contributed by atoms with van der Waals surface area (Å²) in [6, 6.07) is 10.1. The lowest BCUT2D eigenvalue weighted by atomic mass is 10.2. The van der Waals surface area contributed by atoms with Gasteiger partial charge in [0, 0.05) is 0 Å². The number of rotatable bonds is 6. The summed E-state index contributed by atoms with van der Waals surface area (Å²) in [5.41, 5.74) is 1.56. The van der Waals surface area contributed by atoms with E-state index in [1.54, 1.807) is 18.2 Å². The van der Waals surface area contributed by atoms with Gasteiger partial charge in [0.1, 0.15) is 22.9 Å². The van der Waals surface area contributed by atoms with Gasteiger partial charge in [0.15, 0.2) is 0 Å². The number of benzene rings is 2. The third-order valence-electron chi connectivity index (χ3n) is 5.78. The van der Waals surface area contributed by atoms with Crippen molar-refractivity contribution >= 4 is 42.2 Å². The van der Waals surface area contributed by atoms with Crippen LogP contribution in [0.2, 0.25) is 24.2 Å². The van der Waals surface area contributed by atoms with Gasteiger partial charge in [0.2, 0.25) is 11.9 Å². The van der Waals surface area contributed by atoms with Crippen molar-refractivity contribution in [3.05, 3.63) is 52.9 Å². The molecule has 7 nitrogen and oxygen atoms in total. The van der Waals surface area contributed by atoms with Gasteiger partial charge in [-0.05, 0) is 42.3 Å². The SMILES string of the molecule is COc1cccc(OC)c1NC(=O)C1OC(Oc2cc3c(cc2Cl)CC[Si]3(C)C)=CC1=O. The highest BCUT2D eigenvalue weighted by atomic mass is 35.5. The van der Waals surface area contributed by atoms with Crippen molar-refractivity contribution in [1.29, 1.82) is 0 Å². The lowest BCUT2D eigenvalue weighted by Crippen LogP contribution is -2.37. The first-order valence-electron chi connectivity index (χ1n) is 10.2. The molecule has 2 aliphatic heterocycles. The maximum atomic E-state index is 12.8. The molecule has 1 unspecified atom stereocenters. The molecule has 0 fully saturated rings. The molecule has 2 aromatic rings. The zero-order valence-electron chi connectivity index (χ0n) is 18.3. The molecule has 9 heteroatoms. The first kappa shape index (κ1) is 22.2. The fourth-order valence-electron chi connectivity index (χ4n) is 4.00. The van der Waals surface area contributed by atoms with Crippen LogP contribution in [0.15, 0.2) is 42.4 Å². The number of methoxy groups -OCH3 is 2. The summed E-state index contributed by atoms with van der Waals surface area (Å²) in [5, 5.41) is 4.38. The number of anilines is 1. The number of halogens is 1. The number of hydrogen-bond donors (Lipinski definition) is 1. The van der Waals surface area contributed by atoms with Crippen LogP contribution in [0.3, 0.4) is 0 Å². The van der Waals surface area contributed by atoms with Gasteiger partial charge in [0.25, 0.3) is 11.9 Å². The topological polar surface area (TPSA) is 83.1 Å². The second kappa shape index (κ2) is 8.52. The van der Waals surface area contributed by atoms with E-state index in [0.29, 0.717) is 28.0 Å². The molecule has 2 aromatic carbocycles. The van der Waals surface area contributed by atoms with Crippen LogP contribution < -0.4 is 24.7 Å². The van der Waals surface area contributed by atoms with E-state index in [4.69, 9.17) is 30.5 Å². The van der Waals surface area contributed by atoms with Crippen molar-refractivity contribution in [3.63, 3.8) is 0 Å². The van der Waals surface area contributed by atoms with Gasteiger partial charge in [-0.15, -0.1) is 0 Å². The molecule has 4 rings (SSSR count). The highest BCUT2D eigenvalue weighted by Gasteiger charge is 2.37. The average molecular weight is 474 g/mol. The Morgan fingerprint density at radius 3 is 2.50 bits per heavy atom. The molecule has 0 spiro atoms. The Hall–Kier alpha value is -2.97. The minimum atomic E-state index is -1.53. The molecule has 0 bridgehead atoms. The number of aryl methyl sites for hydroxylation is 1. The molecule has 2 heterocycles. The molecule has 0 radical (unpaired) electrons. The van der Waals surface area contributed by atoms with Crippen molar-refractivity contribution in [1.82, 2.24) is 0 Å². The predicted octanol–water partition coefficient (Wildman–Crippen LogP) is 3.66. The molecule has 0 aliphatic carbocycles. The van der Waals surface area contributed by atoms with Crippen molar-refractivity contribution in [3.8, 4) is 17.2 Å². The van der Waals surface area contributed by atoms with Crippen molar-refractivity contribution in [2.24, 2.45) is 0 Å². The molecule has 32 heavy (non-hydrogen) atoms. The van der Waals surface area contributed by atoms with Crippen LogP contribution in [-0.4, -0.2) is 40.1 Å². The van der Waals surface area contributed by atoms with Crippen LogP contribution in [-0.2, 0) is 20.7 Å². The fraction of sp³-hybridized carbons (Fsp3) is 0.304. The number of carbonyl (C=O) groups is 2. The van der Waals surface area contributed by atoms with E-state index >= 15 is 0 Å². The minimum Gasteiger partial charge on any atom is -0.494 e. The maximum Gasteiger partial charge on any atom is 0.289 e. The van der Waals surface area contributed by atoms with E-state index in [-0.39, 0.29) is 5.95 Å². The van der Waals surface area contributed by atoms with E-state index in [1.165, 1.54) is 25.0 Å². The van der Waals surface area contributed by atoms with Gasteiger partial charge in [-0.25, -0.2) is 0 Å². The number of amides is 1. The van der Waals surface area contributed by atoms with Gasteiger partial charge >= 0.3 is 0 Å². The minimum absolute atomic E-state index is 0.0681. The third kappa shape index (κ3) is 4.08. The molecular formula is C23H24ClNO6Si. The normalized spacial score (nSPS) is 18.5. The predicted molar refractivity (Wildman–Crippen MR) is 124 cm³/mol. The Kier molecular flexibility index (Phi) is 5.92. The Bertz CT molecular complexity index is 1110. The van der Waals surface area contributed by atoms with Crippen LogP contribution in [0, 0.1) is 0 Å². The number of carbonyl (C=O) groups excluding carboxylic acids is 2. The summed E-state index contributed by atoms with van der Waals surface area (Å²) in [4.78, 5) is 25.2. The zero-order valence-corrected chi connectivity index (χ0v) is 20.0. The second-order valence-corrected chi connectivity index (χ2v) is 13.5. The number of ketones is 1. The Morgan fingerprint density at radius 1 is 1.16 bits per heavy atom. The smallest absolute Gasteiger partial charge is 0.289 e. The van der Waals surface area contributed by atoms with E-state index in [1.807, 2.05) is 12.1 Å². The van der Waals surface area contributed by atoms with Crippen LogP contribution >= 0.6 is 11.6 Å². The summed E-state index contributed by atoms with van der Waals surface area (Å²) < 4.78 is 21.9. The van der Waals surface area contributed by atoms with Crippen LogP contribution in [0.5, 0.6) is 17.2 Å². The molecule has 1 N–H and O–H groups in total. The molecule has 2 aliphatic rings. The standard InChI is InChI=1S/C23H24ClNO6Si/c1-28-16-6-5-7-17(29-2)21(16)25-23(27)22-15(26)11-20(31-22)30-18-12-19-13(10-14(18)24)8-9-32(19,3)4/h5-7,10-12,22H,8-9H2,1-4H3,(H,25,27). The summed E-state index contributed by atoms with van der Waals surface area (Å²) >= 11 is 6.40. The summed E-state index contributed by atoms with van der Waals surface area (Å²) in [7, 11) is 1.41. The zero-order chi connectivity index (χ0) is 23.0. The van der Waals surface area contributed by atoms with E-state index in [0.717, 1.165) is 18.5 Å². The van der Waals surface area contributed by atoms with Crippen LogP contribution in [0.25, 0.3) is 0 Å². The molecule has 0 saturated heterocycles. The Morgan fingerprint density at radius 2 is 1.84 bits per heavy atom. The monoisotopic (exact) mass is 473 g/mol. The second-order valence-electron chi connectivity index (χ2n) is 8.32. The highest BCUT2D eigenvalue weighted by Crippen LogP contribution is 2.36. The fourth-order valence-corrected chi connectivity index (χ4v) is 6.98. The average Bonchev–Trinajstić information content (AvgIpc) is 3.27. The summed E-state index contributed by atoms with van der Waals surface area (Å²) in [6.45, 7) is 4.61. The van der Waals surface area contributed by atoms with Crippen molar-refractivity contribution in [2.75, 3.05) is 19.5 Å². The van der Waals surface area contributed by atoms with Crippen LogP contribution in [0.1, 0.15) is 5.56 Å². The molecule has 168 valence electrons. The van der Waals surface area contributed by atoms with Gasteiger partial charge < -0.3 is 24.3 Å². The number of nitrogens with one attached hydrogen (secondary N) is 1. The molecule has 0 saturated carbocycles. The van der Waals surface area contributed by atoms with Gasteiger partial charge in [-0.3, -0.25) is 9.59 Å². The summed E-state index contributed by atoms with van der Waals surface area (Å²) in [5.74, 6) is -0.0611. The highest BCUT2D eigenvalue weighted by molar-refractivity contribution is 6.91. The number of fused-ring (bicyclic) bond motifs is 1. The molecule has 1 atom stereocenters. The van der Waals surface area contributed by atoms with Crippen molar-refractivity contribution < 1.29 is 28.5 Å². The lowest BCUT2D eigenvalue weighted by Gasteiger charge is -2.19. The number of ether oxygens (including phenoxy) is 4. The summed E-state index contributed by atoms with van der Waals surface area (Å²) in [6.07, 6.45) is 0.787. The van der Waals surface area contributed by atoms with Gasteiger partial charge in [0.05, 0.1) is 33.4 Å².